The fourth-order valence-corrected chi connectivity index (χ4v) is 3.94. The van der Waals surface area contributed by atoms with E-state index >= 15 is 0 Å². The van der Waals surface area contributed by atoms with Crippen molar-refractivity contribution in [3.63, 3.8) is 0 Å². The van der Waals surface area contributed by atoms with Crippen LogP contribution in [0.5, 0.6) is 0 Å². The summed E-state index contributed by atoms with van der Waals surface area (Å²) in [5.41, 5.74) is 2.44. The molecular formula is C21H20N6O3. The van der Waals surface area contributed by atoms with Crippen LogP contribution in [-0.4, -0.2) is 61.6 Å². The molecule has 1 N–H and O–H groups in total. The van der Waals surface area contributed by atoms with E-state index in [2.05, 4.69) is 20.3 Å². The van der Waals surface area contributed by atoms with Gasteiger partial charge < -0.3 is 10.2 Å². The molecule has 0 aromatic carbocycles. The van der Waals surface area contributed by atoms with E-state index in [1.807, 2.05) is 0 Å². The first-order valence-corrected chi connectivity index (χ1v) is 10.00. The summed E-state index contributed by atoms with van der Waals surface area (Å²) in [7, 11) is 0. The van der Waals surface area contributed by atoms with E-state index in [4.69, 9.17) is 0 Å². The lowest BCUT2D eigenvalue weighted by molar-refractivity contribution is -0.138. The van der Waals surface area contributed by atoms with Crippen LogP contribution in [-0.2, 0) is 14.4 Å². The number of pyridine rings is 1. The Bertz CT molecular complexity index is 1050. The molecule has 2 aromatic heterocycles. The minimum atomic E-state index is -0.284. The lowest BCUT2D eigenvalue weighted by atomic mass is 10.0. The number of hydrogen-bond acceptors (Lipinski definition) is 7. The molecule has 1 aliphatic carbocycles. The van der Waals surface area contributed by atoms with Crippen molar-refractivity contribution in [1.82, 2.24) is 24.8 Å². The third-order valence-corrected chi connectivity index (χ3v) is 5.49. The van der Waals surface area contributed by atoms with Crippen LogP contribution < -0.4 is 5.32 Å². The third-order valence-electron chi connectivity index (χ3n) is 5.49. The molecule has 3 aliphatic rings. The van der Waals surface area contributed by atoms with Crippen LogP contribution in [0.2, 0.25) is 0 Å². The summed E-state index contributed by atoms with van der Waals surface area (Å²) in [4.78, 5) is 53.6. The Balaban J connectivity index is 1.26. The molecule has 0 saturated heterocycles. The molecule has 0 bridgehead atoms. The number of nitrogens with zero attached hydrogens (tertiary/aromatic N) is 5. The second kappa shape index (κ2) is 7.33. The first-order chi connectivity index (χ1) is 14.6. The van der Waals surface area contributed by atoms with Gasteiger partial charge >= 0.3 is 0 Å². The zero-order valence-corrected chi connectivity index (χ0v) is 16.2. The Morgan fingerprint density at radius 2 is 1.97 bits per heavy atom. The van der Waals surface area contributed by atoms with Gasteiger partial charge in [0.15, 0.2) is 0 Å². The number of carbonyl (C=O) groups excluding carboxylic acids is 3. The van der Waals surface area contributed by atoms with E-state index in [1.54, 1.807) is 41.8 Å². The van der Waals surface area contributed by atoms with E-state index in [0.29, 0.717) is 35.7 Å². The molecule has 9 nitrogen and oxygen atoms in total. The second-order valence-electron chi connectivity index (χ2n) is 7.63. The van der Waals surface area contributed by atoms with Crippen molar-refractivity contribution >= 4 is 23.5 Å². The van der Waals surface area contributed by atoms with Gasteiger partial charge in [-0.1, -0.05) is 0 Å². The number of nitrogens with one attached hydrogen (secondary N) is 1. The van der Waals surface area contributed by atoms with Crippen LogP contribution in [0.1, 0.15) is 25.7 Å². The highest BCUT2D eigenvalue weighted by Gasteiger charge is 2.48. The average Bonchev–Trinajstić information content (AvgIpc) is 3.56. The lowest BCUT2D eigenvalue weighted by Crippen LogP contribution is -2.40. The molecule has 5 rings (SSSR count). The van der Waals surface area contributed by atoms with Gasteiger partial charge in [0.1, 0.15) is 11.5 Å². The molecule has 2 aliphatic heterocycles. The Morgan fingerprint density at radius 3 is 2.67 bits per heavy atom. The van der Waals surface area contributed by atoms with Gasteiger partial charge in [-0.05, 0) is 37.8 Å². The number of amides is 3. The Hall–Kier alpha value is -3.62. The zero-order chi connectivity index (χ0) is 20.7. The molecule has 0 unspecified atom stereocenters. The van der Waals surface area contributed by atoms with Gasteiger partial charge in [-0.25, -0.2) is 4.98 Å². The smallest absolute Gasteiger partial charge is 0.277 e. The molecule has 1 fully saturated rings. The maximum absolute atomic E-state index is 12.8. The van der Waals surface area contributed by atoms with Crippen molar-refractivity contribution in [2.75, 3.05) is 18.4 Å². The number of aromatic nitrogens is 3. The van der Waals surface area contributed by atoms with Gasteiger partial charge in [0.05, 0.1) is 18.4 Å². The summed E-state index contributed by atoms with van der Waals surface area (Å²) in [6.45, 7) is 0.576. The van der Waals surface area contributed by atoms with E-state index in [0.717, 1.165) is 24.8 Å². The van der Waals surface area contributed by atoms with Gasteiger partial charge in [-0.2, -0.15) is 0 Å². The fraction of sp³-hybridized carbons (Fsp3) is 0.333. The normalized spacial score (nSPS) is 18.7. The molecule has 9 heteroatoms. The second-order valence-corrected chi connectivity index (χ2v) is 7.63. The minimum Gasteiger partial charge on any atom is -0.357 e. The highest BCUT2D eigenvalue weighted by atomic mass is 16.2. The van der Waals surface area contributed by atoms with Crippen molar-refractivity contribution in [2.24, 2.45) is 0 Å². The Morgan fingerprint density at radius 1 is 1.10 bits per heavy atom. The molecule has 4 heterocycles. The monoisotopic (exact) mass is 404 g/mol. The number of imide groups is 1. The van der Waals surface area contributed by atoms with Crippen LogP contribution in [0.25, 0.3) is 11.3 Å². The molecule has 30 heavy (non-hydrogen) atoms. The Labute approximate surface area is 172 Å². The number of anilines is 1. The van der Waals surface area contributed by atoms with Gasteiger partial charge in [0.25, 0.3) is 11.8 Å². The molecular weight excluding hydrogens is 384 g/mol. The van der Waals surface area contributed by atoms with Gasteiger partial charge in [-0.15, -0.1) is 0 Å². The Kier molecular flexibility index (Phi) is 4.50. The van der Waals surface area contributed by atoms with Crippen LogP contribution in [0.15, 0.2) is 48.2 Å². The van der Waals surface area contributed by atoms with Crippen molar-refractivity contribution in [1.29, 1.82) is 0 Å². The topological polar surface area (TPSA) is 108 Å². The fourth-order valence-electron chi connectivity index (χ4n) is 3.94. The molecule has 152 valence electrons. The molecule has 2 aromatic rings. The zero-order valence-electron chi connectivity index (χ0n) is 16.2. The van der Waals surface area contributed by atoms with E-state index in [1.165, 1.54) is 4.90 Å². The summed E-state index contributed by atoms with van der Waals surface area (Å²) >= 11 is 0. The van der Waals surface area contributed by atoms with Gasteiger partial charge in [0, 0.05) is 42.3 Å². The number of hydrogen-bond donors (Lipinski definition) is 1. The first-order valence-electron chi connectivity index (χ1n) is 10.00. The molecule has 0 spiro atoms. The standard InChI is InChI=1S/C21H20N6O3/c28-18(25-17-6-3-13(10-24-17)16-11-22-7-8-23-16)12-26-9-1-2-15-19(26)21(30)27(20(15)29)14-4-5-14/h3,6-8,10-11,14H,1-2,4-5,9,12H2,(H,24,25,28). The highest BCUT2D eigenvalue weighted by Crippen LogP contribution is 2.38. The van der Waals surface area contributed by atoms with Crippen LogP contribution in [0, 0.1) is 0 Å². The van der Waals surface area contributed by atoms with Crippen molar-refractivity contribution < 1.29 is 14.4 Å². The third kappa shape index (κ3) is 3.32. The minimum absolute atomic E-state index is 0.00392. The predicted octanol–water partition coefficient (Wildman–Crippen LogP) is 1.36. The number of rotatable bonds is 5. The summed E-state index contributed by atoms with van der Waals surface area (Å²) < 4.78 is 0. The van der Waals surface area contributed by atoms with Crippen molar-refractivity contribution in [2.45, 2.75) is 31.7 Å². The van der Waals surface area contributed by atoms with Gasteiger partial charge in [-0.3, -0.25) is 29.3 Å². The predicted molar refractivity (Wildman–Crippen MR) is 107 cm³/mol. The van der Waals surface area contributed by atoms with E-state index < -0.39 is 0 Å². The number of carbonyl (C=O) groups is 3. The first kappa shape index (κ1) is 18.4. The summed E-state index contributed by atoms with van der Waals surface area (Å²) in [6, 6.07) is 3.53. The summed E-state index contributed by atoms with van der Waals surface area (Å²) in [6.07, 6.45) is 9.53. The van der Waals surface area contributed by atoms with Crippen molar-refractivity contribution in [3.8, 4) is 11.3 Å². The largest absolute Gasteiger partial charge is 0.357 e. The lowest BCUT2D eigenvalue weighted by Gasteiger charge is -2.28. The SMILES string of the molecule is O=C(CN1CCCC2=C1C(=O)N(C1CC1)C2=O)Nc1ccc(-c2cnccn2)cn1. The summed E-state index contributed by atoms with van der Waals surface area (Å²) in [5.74, 6) is -0.304. The quantitative estimate of drug-likeness (QED) is 0.750. The van der Waals surface area contributed by atoms with Crippen LogP contribution >= 0.6 is 0 Å². The maximum Gasteiger partial charge on any atom is 0.277 e. The molecule has 0 atom stereocenters. The van der Waals surface area contributed by atoms with E-state index in [-0.39, 0.29) is 30.3 Å². The van der Waals surface area contributed by atoms with Gasteiger partial charge in [0.2, 0.25) is 5.91 Å². The molecule has 3 amide bonds. The van der Waals surface area contributed by atoms with E-state index in [9.17, 15) is 14.4 Å². The highest BCUT2D eigenvalue weighted by molar-refractivity contribution is 6.19. The molecule has 1 saturated carbocycles. The maximum atomic E-state index is 12.8. The average molecular weight is 404 g/mol. The summed E-state index contributed by atoms with van der Waals surface area (Å²) in [5, 5.41) is 2.76. The van der Waals surface area contributed by atoms with Crippen LogP contribution in [0.4, 0.5) is 5.82 Å². The molecule has 0 radical (unpaired) electrons. The van der Waals surface area contributed by atoms with Crippen LogP contribution in [0.3, 0.4) is 0 Å². The van der Waals surface area contributed by atoms with Crippen molar-refractivity contribution in [3.05, 3.63) is 48.2 Å².